The van der Waals surface area contributed by atoms with E-state index in [1.807, 2.05) is 31.2 Å². The quantitative estimate of drug-likeness (QED) is 0.396. The summed E-state index contributed by atoms with van der Waals surface area (Å²) in [6.45, 7) is 4.96. The van der Waals surface area contributed by atoms with Gasteiger partial charge in [0.05, 0.1) is 19.3 Å². The maximum absolute atomic E-state index is 13.8. The normalized spacial score (nSPS) is 17.9. The summed E-state index contributed by atoms with van der Waals surface area (Å²) in [6, 6.07) is 13.9. The molecule has 1 saturated heterocycles. The van der Waals surface area contributed by atoms with E-state index >= 15 is 0 Å². The van der Waals surface area contributed by atoms with Gasteiger partial charge in [-0.15, -0.1) is 0 Å². The number of oxazole rings is 1. The van der Waals surface area contributed by atoms with E-state index in [0.29, 0.717) is 55.6 Å². The van der Waals surface area contributed by atoms with E-state index in [4.69, 9.17) is 9.15 Å². The Morgan fingerprint density at radius 3 is 2.41 bits per heavy atom. The van der Waals surface area contributed by atoms with Crippen molar-refractivity contribution in [3.63, 3.8) is 0 Å². The number of benzene rings is 2. The topological polar surface area (TPSA) is 114 Å². The lowest BCUT2D eigenvalue weighted by Crippen LogP contribution is -2.62. The number of hydrogen-bond donors (Lipinski definition) is 2. The fourth-order valence-electron chi connectivity index (χ4n) is 5.48. The van der Waals surface area contributed by atoms with Crippen molar-refractivity contribution in [2.45, 2.75) is 63.5 Å². The Bertz CT molecular complexity index is 1270. The van der Waals surface area contributed by atoms with Crippen LogP contribution in [-0.4, -0.2) is 60.5 Å². The summed E-state index contributed by atoms with van der Waals surface area (Å²) in [7, 11) is 0. The van der Waals surface area contributed by atoms with Gasteiger partial charge in [0.15, 0.2) is 5.58 Å². The molecule has 0 spiro atoms. The highest BCUT2D eigenvalue weighted by Gasteiger charge is 2.42. The number of Topliss-reactive ketones (excluding diaryl/α,β-unsaturated/α-hetero) is 1. The van der Waals surface area contributed by atoms with Gasteiger partial charge in [-0.05, 0) is 55.7 Å². The zero-order chi connectivity index (χ0) is 27.2. The first-order chi connectivity index (χ1) is 19.0. The largest absolute Gasteiger partial charge is 0.434 e. The van der Waals surface area contributed by atoms with E-state index in [9.17, 15) is 14.4 Å². The first kappa shape index (κ1) is 26.9. The van der Waals surface area contributed by atoms with Crippen LogP contribution in [0.15, 0.2) is 52.9 Å². The van der Waals surface area contributed by atoms with Crippen molar-refractivity contribution < 1.29 is 23.5 Å². The predicted molar refractivity (Wildman–Crippen MR) is 148 cm³/mol. The molecule has 2 heterocycles. The van der Waals surface area contributed by atoms with Crippen LogP contribution in [-0.2, 0) is 9.53 Å². The van der Waals surface area contributed by atoms with Crippen molar-refractivity contribution in [3.05, 3.63) is 60.0 Å². The second-order valence-electron chi connectivity index (χ2n) is 10.4. The Labute approximate surface area is 228 Å². The minimum absolute atomic E-state index is 0.0166. The molecule has 1 aliphatic carbocycles. The molecule has 206 valence electrons. The molecule has 2 aliphatic rings. The van der Waals surface area contributed by atoms with Crippen LogP contribution < -0.4 is 15.5 Å². The van der Waals surface area contributed by atoms with Crippen LogP contribution >= 0.6 is 0 Å². The fourth-order valence-corrected chi connectivity index (χ4v) is 5.48. The molecule has 39 heavy (non-hydrogen) atoms. The minimum Gasteiger partial charge on any atom is -0.434 e. The van der Waals surface area contributed by atoms with E-state index in [0.717, 1.165) is 38.0 Å². The van der Waals surface area contributed by atoms with Gasteiger partial charge in [-0.2, -0.15) is 0 Å². The third-order valence-corrected chi connectivity index (χ3v) is 7.70. The monoisotopic (exact) mass is 532 g/mol. The summed E-state index contributed by atoms with van der Waals surface area (Å²) in [5.74, 6) is -1.00. The van der Waals surface area contributed by atoms with Gasteiger partial charge in [0.2, 0.25) is 11.7 Å². The molecule has 5 rings (SSSR count). The summed E-state index contributed by atoms with van der Waals surface area (Å²) in [5, 5.41) is 6.02. The molecular weight excluding hydrogens is 496 g/mol. The molecular formula is C30H36N4O5. The smallest absolute Gasteiger partial charge is 0.266 e. The van der Waals surface area contributed by atoms with Gasteiger partial charge in [0.1, 0.15) is 11.1 Å². The number of nitrogens with one attached hydrogen (secondary N) is 2. The number of rotatable bonds is 9. The molecule has 9 nitrogen and oxygen atoms in total. The molecule has 3 aromatic rings. The molecule has 0 unspecified atom stereocenters. The van der Waals surface area contributed by atoms with E-state index in [-0.39, 0.29) is 23.5 Å². The summed E-state index contributed by atoms with van der Waals surface area (Å²) in [5.41, 5.74) is 1.58. The molecule has 1 atom stereocenters. The number of nitrogens with zero attached hydrogens (tertiary/aromatic N) is 2. The van der Waals surface area contributed by atoms with Crippen molar-refractivity contribution in [3.8, 4) is 0 Å². The van der Waals surface area contributed by atoms with Gasteiger partial charge in [0, 0.05) is 24.3 Å². The van der Waals surface area contributed by atoms with E-state index in [2.05, 4.69) is 20.5 Å². The van der Waals surface area contributed by atoms with Gasteiger partial charge in [0.25, 0.3) is 11.8 Å². The van der Waals surface area contributed by atoms with Crippen LogP contribution in [0, 0.1) is 0 Å². The zero-order valence-corrected chi connectivity index (χ0v) is 22.4. The van der Waals surface area contributed by atoms with Crippen LogP contribution in [0.3, 0.4) is 0 Å². The molecule has 0 bridgehead atoms. The number of carbonyl (C=O) groups is 3. The summed E-state index contributed by atoms with van der Waals surface area (Å²) in [4.78, 5) is 47.1. The van der Waals surface area contributed by atoms with Crippen LogP contribution in [0.1, 0.15) is 72.9 Å². The molecule has 9 heteroatoms. The number of anilines is 1. The SMILES string of the molecule is CCC[C@H](NC(=O)C1(NC(=O)c2ccc(N3CCOCC3)cc2)CCCCC1)C(=O)c1nc2ccccc2o1. The van der Waals surface area contributed by atoms with Crippen LogP contribution in [0.4, 0.5) is 5.69 Å². The number of fused-ring (bicyclic) bond motifs is 1. The summed E-state index contributed by atoms with van der Waals surface area (Å²) < 4.78 is 11.1. The molecule has 2 N–H and O–H groups in total. The number of aromatic nitrogens is 1. The zero-order valence-electron chi connectivity index (χ0n) is 22.4. The third-order valence-electron chi connectivity index (χ3n) is 7.70. The maximum atomic E-state index is 13.8. The standard InChI is InChI=1S/C30H36N4O5/c1-2-8-24(26(35)28-31-23-9-4-5-10-25(23)39-28)32-29(37)30(15-6-3-7-16-30)33-27(36)21-11-13-22(14-12-21)34-17-19-38-20-18-34/h4-5,9-14,24H,2-3,6-8,15-20H2,1H3,(H,32,37)(H,33,36)/t24-/m0/s1. The number of carbonyl (C=O) groups excluding carboxylic acids is 3. The second kappa shape index (κ2) is 12.0. The first-order valence-electron chi connectivity index (χ1n) is 13.9. The predicted octanol–water partition coefficient (Wildman–Crippen LogP) is 4.26. The second-order valence-corrected chi connectivity index (χ2v) is 10.4. The number of morpholine rings is 1. The lowest BCUT2D eigenvalue weighted by molar-refractivity contribution is -0.129. The van der Waals surface area contributed by atoms with E-state index in [1.165, 1.54) is 0 Å². The van der Waals surface area contributed by atoms with Crippen LogP contribution in [0.25, 0.3) is 11.1 Å². The molecule has 1 aliphatic heterocycles. The highest BCUT2D eigenvalue weighted by molar-refractivity contribution is 6.03. The Kier molecular flexibility index (Phi) is 8.26. The molecule has 0 radical (unpaired) electrons. The first-order valence-corrected chi connectivity index (χ1v) is 13.9. The Hall–Kier alpha value is -3.72. The number of amides is 2. The number of ether oxygens (including phenoxy) is 1. The van der Waals surface area contributed by atoms with Crippen molar-refractivity contribution in [1.29, 1.82) is 0 Å². The van der Waals surface area contributed by atoms with Gasteiger partial charge in [-0.1, -0.05) is 44.7 Å². The number of hydrogen-bond acceptors (Lipinski definition) is 7. The Morgan fingerprint density at radius 2 is 1.72 bits per heavy atom. The van der Waals surface area contributed by atoms with Crippen molar-refractivity contribution >= 4 is 34.4 Å². The average Bonchev–Trinajstić information content (AvgIpc) is 3.42. The number of para-hydroxylation sites is 2. The molecule has 2 amide bonds. The van der Waals surface area contributed by atoms with Gasteiger partial charge < -0.3 is 24.7 Å². The molecule has 1 aromatic heterocycles. The third kappa shape index (κ3) is 5.98. The highest BCUT2D eigenvalue weighted by atomic mass is 16.5. The van der Waals surface area contributed by atoms with Crippen LogP contribution in [0.2, 0.25) is 0 Å². The molecule has 2 fully saturated rings. The summed E-state index contributed by atoms with van der Waals surface area (Å²) >= 11 is 0. The lowest BCUT2D eigenvalue weighted by atomic mass is 9.80. The highest BCUT2D eigenvalue weighted by Crippen LogP contribution is 2.30. The minimum atomic E-state index is -1.08. The van der Waals surface area contributed by atoms with Crippen molar-refractivity contribution in [2.24, 2.45) is 0 Å². The van der Waals surface area contributed by atoms with Crippen LogP contribution in [0.5, 0.6) is 0 Å². The van der Waals surface area contributed by atoms with Crippen molar-refractivity contribution in [2.75, 3.05) is 31.2 Å². The molecule has 1 saturated carbocycles. The summed E-state index contributed by atoms with van der Waals surface area (Å²) in [6.07, 6.45) is 4.81. The fraction of sp³-hybridized carbons (Fsp3) is 0.467. The van der Waals surface area contributed by atoms with E-state index in [1.54, 1.807) is 24.3 Å². The lowest BCUT2D eigenvalue weighted by Gasteiger charge is -2.37. The van der Waals surface area contributed by atoms with E-state index < -0.39 is 11.6 Å². The van der Waals surface area contributed by atoms with Gasteiger partial charge in [-0.25, -0.2) is 4.98 Å². The Balaban J connectivity index is 1.31. The van der Waals surface area contributed by atoms with Gasteiger partial charge >= 0.3 is 0 Å². The average molecular weight is 533 g/mol. The number of ketones is 1. The van der Waals surface area contributed by atoms with Gasteiger partial charge in [-0.3, -0.25) is 14.4 Å². The van der Waals surface area contributed by atoms with Crippen molar-refractivity contribution in [1.82, 2.24) is 15.6 Å². The Morgan fingerprint density at radius 1 is 1.00 bits per heavy atom. The maximum Gasteiger partial charge on any atom is 0.266 e. The molecule has 2 aromatic carbocycles.